The van der Waals surface area contributed by atoms with E-state index in [1.54, 1.807) is 0 Å². The third-order valence-electron chi connectivity index (χ3n) is 3.12. The lowest BCUT2D eigenvalue weighted by Gasteiger charge is -2.21. The third kappa shape index (κ3) is 3.07. The molecule has 1 saturated heterocycles. The van der Waals surface area contributed by atoms with Crippen molar-refractivity contribution in [2.75, 3.05) is 6.61 Å². The molecular formula is C14H19NO2. The standard InChI is InChI=1S/C14H19NO2/c1-2-6-12(11-7-4-3-5-8-11)15-13-9-10-17-14(13)16/h3-5,7-8,12-13,15H,2,6,9-10H2,1H3. The highest BCUT2D eigenvalue weighted by Crippen LogP contribution is 2.20. The van der Waals surface area contributed by atoms with Crippen LogP contribution in [0.3, 0.4) is 0 Å². The molecule has 1 aromatic rings. The van der Waals surface area contributed by atoms with Crippen LogP contribution < -0.4 is 5.32 Å². The van der Waals surface area contributed by atoms with Gasteiger partial charge >= 0.3 is 5.97 Å². The number of hydrogen-bond acceptors (Lipinski definition) is 3. The van der Waals surface area contributed by atoms with Gasteiger partial charge in [0.2, 0.25) is 0 Å². The largest absolute Gasteiger partial charge is 0.464 e. The van der Waals surface area contributed by atoms with Crippen LogP contribution in [0.5, 0.6) is 0 Å². The fourth-order valence-corrected chi connectivity index (χ4v) is 2.21. The second-order valence-corrected chi connectivity index (χ2v) is 4.43. The van der Waals surface area contributed by atoms with Crippen molar-refractivity contribution in [3.63, 3.8) is 0 Å². The van der Waals surface area contributed by atoms with Crippen molar-refractivity contribution in [3.8, 4) is 0 Å². The van der Waals surface area contributed by atoms with Crippen LogP contribution in [0.4, 0.5) is 0 Å². The van der Waals surface area contributed by atoms with Crippen molar-refractivity contribution in [1.82, 2.24) is 5.32 Å². The van der Waals surface area contributed by atoms with Gasteiger partial charge in [-0.2, -0.15) is 0 Å². The fourth-order valence-electron chi connectivity index (χ4n) is 2.21. The lowest BCUT2D eigenvalue weighted by Crippen LogP contribution is -2.36. The van der Waals surface area contributed by atoms with Gasteiger partial charge in [0, 0.05) is 12.5 Å². The average molecular weight is 233 g/mol. The van der Waals surface area contributed by atoms with Crippen molar-refractivity contribution in [2.45, 2.75) is 38.3 Å². The highest BCUT2D eigenvalue weighted by Gasteiger charge is 2.28. The lowest BCUT2D eigenvalue weighted by atomic mass is 10.0. The van der Waals surface area contributed by atoms with Gasteiger partial charge < -0.3 is 4.74 Å². The first-order chi connectivity index (χ1) is 8.31. The van der Waals surface area contributed by atoms with Crippen LogP contribution in [0.1, 0.15) is 37.8 Å². The molecule has 1 aliphatic rings. The molecule has 17 heavy (non-hydrogen) atoms. The maximum atomic E-state index is 11.5. The number of benzene rings is 1. The SMILES string of the molecule is CCCC(NC1CCOC1=O)c1ccccc1. The van der Waals surface area contributed by atoms with Crippen LogP contribution in [0, 0.1) is 0 Å². The summed E-state index contributed by atoms with van der Waals surface area (Å²) in [5.74, 6) is -0.109. The summed E-state index contributed by atoms with van der Waals surface area (Å²) < 4.78 is 4.98. The molecule has 0 amide bonds. The van der Waals surface area contributed by atoms with E-state index in [1.165, 1.54) is 5.56 Å². The van der Waals surface area contributed by atoms with Gasteiger partial charge in [0.1, 0.15) is 6.04 Å². The number of esters is 1. The zero-order chi connectivity index (χ0) is 12.1. The summed E-state index contributed by atoms with van der Waals surface area (Å²) in [6, 6.07) is 10.4. The van der Waals surface area contributed by atoms with E-state index in [1.807, 2.05) is 18.2 Å². The summed E-state index contributed by atoms with van der Waals surface area (Å²) >= 11 is 0. The fraction of sp³-hybridized carbons (Fsp3) is 0.500. The highest BCUT2D eigenvalue weighted by atomic mass is 16.5. The number of carbonyl (C=O) groups is 1. The predicted octanol–water partition coefficient (Wildman–Crippen LogP) is 2.43. The molecule has 1 N–H and O–H groups in total. The van der Waals surface area contributed by atoms with E-state index >= 15 is 0 Å². The van der Waals surface area contributed by atoms with Gasteiger partial charge in [0.25, 0.3) is 0 Å². The van der Waals surface area contributed by atoms with Crippen LogP contribution in [-0.4, -0.2) is 18.6 Å². The Balaban J connectivity index is 2.04. The molecule has 0 bridgehead atoms. The molecule has 2 atom stereocenters. The van der Waals surface area contributed by atoms with Crippen LogP contribution in [0.2, 0.25) is 0 Å². The summed E-state index contributed by atoms with van der Waals surface area (Å²) in [5.41, 5.74) is 1.24. The minimum absolute atomic E-state index is 0.109. The molecule has 1 aromatic carbocycles. The maximum Gasteiger partial charge on any atom is 0.323 e. The summed E-state index contributed by atoms with van der Waals surface area (Å²) in [4.78, 5) is 11.5. The maximum absolute atomic E-state index is 11.5. The Labute approximate surface area is 102 Å². The van der Waals surface area contributed by atoms with Crippen LogP contribution >= 0.6 is 0 Å². The van der Waals surface area contributed by atoms with Gasteiger partial charge in [-0.25, -0.2) is 0 Å². The average Bonchev–Trinajstić information content (AvgIpc) is 2.76. The van der Waals surface area contributed by atoms with Gasteiger partial charge in [-0.3, -0.25) is 10.1 Å². The molecule has 2 rings (SSSR count). The Morgan fingerprint density at radius 2 is 2.18 bits per heavy atom. The molecule has 3 nitrogen and oxygen atoms in total. The van der Waals surface area contributed by atoms with Crippen molar-refractivity contribution < 1.29 is 9.53 Å². The van der Waals surface area contributed by atoms with E-state index in [0.717, 1.165) is 19.3 Å². The third-order valence-corrected chi connectivity index (χ3v) is 3.12. The minimum atomic E-state index is -0.133. The summed E-state index contributed by atoms with van der Waals surface area (Å²) in [7, 11) is 0. The summed E-state index contributed by atoms with van der Waals surface area (Å²) in [6.45, 7) is 2.70. The molecule has 0 aliphatic carbocycles. The van der Waals surface area contributed by atoms with E-state index in [9.17, 15) is 4.79 Å². The van der Waals surface area contributed by atoms with Gasteiger partial charge in [0.05, 0.1) is 6.61 Å². The van der Waals surface area contributed by atoms with Gasteiger partial charge in [-0.15, -0.1) is 0 Å². The Morgan fingerprint density at radius 3 is 2.76 bits per heavy atom. The number of rotatable bonds is 5. The quantitative estimate of drug-likeness (QED) is 0.794. The predicted molar refractivity (Wildman–Crippen MR) is 66.6 cm³/mol. The number of carbonyl (C=O) groups excluding carboxylic acids is 1. The zero-order valence-corrected chi connectivity index (χ0v) is 10.2. The number of cyclic esters (lactones) is 1. The Morgan fingerprint density at radius 1 is 1.41 bits per heavy atom. The topological polar surface area (TPSA) is 38.3 Å². The minimum Gasteiger partial charge on any atom is -0.464 e. The van der Waals surface area contributed by atoms with Crippen LogP contribution in [0.15, 0.2) is 30.3 Å². The normalized spacial score (nSPS) is 21.2. The zero-order valence-electron chi connectivity index (χ0n) is 10.2. The van der Waals surface area contributed by atoms with Gasteiger partial charge in [-0.1, -0.05) is 43.7 Å². The Bertz CT molecular complexity index is 364. The Kier molecular flexibility index (Phi) is 4.15. The highest BCUT2D eigenvalue weighted by molar-refractivity contribution is 5.77. The first-order valence-electron chi connectivity index (χ1n) is 6.29. The smallest absolute Gasteiger partial charge is 0.323 e. The van der Waals surface area contributed by atoms with E-state index in [4.69, 9.17) is 4.74 Å². The second-order valence-electron chi connectivity index (χ2n) is 4.43. The van der Waals surface area contributed by atoms with Crippen molar-refractivity contribution in [1.29, 1.82) is 0 Å². The molecule has 0 aromatic heterocycles. The molecule has 0 spiro atoms. The molecule has 92 valence electrons. The molecule has 1 aliphatic heterocycles. The van der Waals surface area contributed by atoms with Gasteiger partial charge in [-0.05, 0) is 12.0 Å². The Hall–Kier alpha value is -1.35. The first kappa shape index (κ1) is 12.1. The monoisotopic (exact) mass is 233 g/mol. The molecule has 1 heterocycles. The first-order valence-corrected chi connectivity index (χ1v) is 6.29. The van der Waals surface area contributed by atoms with E-state index < -0.39 is 0 Å². The molecule has 0 radical (unpaired) electrons. The summed E-state index contributed by atoms with van der Waals surface area (Å²) in [6.07, 6.45) is 2.91. The molecule has 2 unspecified atom stereocenters. The van der Waals surface area contributed by atoms with Crippen LogP contribution in [-0.2, 0) is 9.53 Å². The lowest BCUT2D eigenvalue weighted by molar-refractivity contribution is -0.139. The molecule has 3 heteroatoms. The number of ether oxygens (including phenoxy) is 1. The second kappa shape index (κ2) is 5.82. The molecule has 1 fully saturated rings. The van der Waals surface area contributed by atoms with Crippen molar-refractivity contribution >= 4 is 5.97 Å². The van der Waals surface area contributed by atoms with Crippen LogP contribution in [0.25, 0.3) is 0 Å². The molecule has 0 saturated carbocycles. The summed E-state index contributed by atoms with van der Waals surface area (Å²) in [5, 5.41) is 3.41. The van der Waals surface area contributed by atoms with Gasteiger partial charge in [0.15, 0.2) is 0 Å². The van der Waals surface area contributed by atoms with Crippen molar-refractivity contribution in [3.05, 3.63) is 35.9 Å². The van der Waals surface area contributed by atoms with E-state index in [0.29, 0.717) is 6.61 Å². The number of nitrogens with one attached hydrogen (secondary N) is 1. The van der Waals surface area contributed by atoms with E-state index in [-0.39, 0.29) is 18.1 Å². The molecular weight excluding hydrogens is 214 g/mol. The van der Waals surface area contributed by atoms with Crippen molar-refractivity contribution in [2.24, 2.45) is 0 Å². The van der Waals surface area contributed by atoms with E-state index in [2.05, 4.69) is 24.4 Å². The number of hydrogen-bond donors (Lipinski definition) is 1.